The number of nitrogens with zero attached hydrogens (tertiary/aromatic N) is 1. The van der Waals surface area contributed by atoms with Crippen molar-refractivity contribution in [2.45, 2.75) is 26.7 Å². The number of H-pyrrole nitrogens is 1. The first kappa shape index (κ1) is 20.5. The lowest BCUT2D eigenvalue weighted by Gasteiger charge is -2.17. The third-order valence-electron chi connectivity index (χ3n) is 4.21. The van der Waals surface area contributed by atoms with E-state index in [-0.39, 0.29) is 23.0 Å². The number of anilines is 3. The number of halogens is 2. The van der Waals surface area contributed by atoms with E-state index in [1.54, 1.807) is 24.4 Å². The minimum absolute atomic E-state index is 0.000102. The van der Waals surface area contributed by atoms with E-state index < -0.39 is 11.4 Å². The summed E-state index contributed by atoms with van der Waals surface area (Å²) in [6.07, 6.45) is 1.55. The van der Waals surface area contributed by atoms with Gasteiger partial charge in [-0.25, -0.2) is 9.37 Å². The number of aromatic amines is 1. The molecule has 3 rings (SSSR count). The average Bonchev–Trinajstić information content (AvgIpc) is 2.64. The topological polar surface area (TPSA) is 86.9 Å². The fraction of sp³-hybridized carbons (Fsp3) is 0.190. The quantitative estimate of drug-likeness (QED) is 0.545. The molecule has 150 valence electrons. The first-order valence-electron chi connectivity index (χ1n) is 8.98. The molecule has 3 N–H and O–H groups in total. The Labute approximate surface area is 172 Å². The van der Waals surface area contributed by atoms with Gasteiger partial charge >= 0.3 is 0 Å². The van der Waals surface area contributed by atoms with Crippen molar-refractivity contribution in [3.05, 3.63) is 69.5 Å². The van der Waals surface area contributed by atoms with Crippen LogP contribution in [-0.4, -0.2) is 15.9 Å². The largest absolute Gasteiger partial charge is 0.354 e. The minimum atomic E-state index is -0.542. The molecule has 2 aromatic heterocycles. The molecule has 8 heteroatoms. The second-order valence-corrected chi connectivity index (χ2v) is 7.29. The fourth-order valence-electron chi connectivity index (χ4n) is 2.92. The lowest BCUT2D eigenvalue weighted by atomic mass is 10.0. The van der Waals surface area contributed by atoms with Gasteiger partial charge in [-0.1, -0.05) is 25.4 Å². The summed E-state index contributed by atoms with van der Waals surface area (Å²) in [4.78, 5) is 30.8. The Morgan fingerprint density at radius 3 is 2.62 bits per heavy atom. The number of rotatable bonds is 5. The zero-order chi connectivity index (χ0) is 21.1. The molecule has 0 aliphatic heterocycles. The van der Waals surface area contributed by atoms with Gasteiger partial charge in [0, 0.05) is 41.2 Å². The number of pyridine rings is 2. The van der Waals surface area contributed by atoms with Crippen LogP contribution in [0.5, 0.6) is 0 Å². The molecule has 0 saturated carbocycles. The highest BCUT2D eigenvalue weighted by Gasteiger charge is 2.16. The highest BCUT2D eigenvalue weighted by Crippen LogP contribution is 2.30. The molecule has 0 unspecified atom stereocenters. The van der Waals surface area contributed by atoms with Gasteiger partial charge in [0.1, 0.15) is 11.6 Å². The number of benzene rings is 1. The second kappa shape index (κ2) is 8.45. The SMILES string of the molecule is CC(=O)Nc1cc(Nc2cc(-c3cc(Cl)ccc3F)c(=O)[nH]c2C(C)C)ccn1. The average molecular weight is 415 g/mol. The van der Waals surface area contributed by atoms with Crippen molar-refractivity contribution >= 4 is 34.7 Å². The first-order valence-corrected chi connectivity index (χ1v) is 9.35. The highest BCUT2D eigenvalue weighted by atomic mass is 35.5. The molecule has 0 bridgehead atoms. The van der Waals surface area contributed by atoms with Crippen molar-refractivity contribution in [2.24, 2.45) is 0 Å². The van der Waals surface area contributed by atoms with Crippen LogP contribution < -0.4 is 16.2 Å². The first-order chi connectivity index (χ1) is 13.7. The van der Waals surface area contributed by atoms with Gasteiger partial charge in [-0.15, -0.1) is 0 Å². The van der Waals surface area contributed by atoms with E-state index in [1.807, 2.05) is 13.8 Å². The number of aromatic nitrogens is 2. The Morgan fingerprint density at radius 1 is 1.17 bits per heavy atom. The van der Waals surface area contributed by atoms with E-state index in [4.69, 9.17) is 11.6 Å². The molecule has 0 spiro atoms. The monoisotopic (exact) mass is 414 g/mol. The van der Waals surface area contributed by atoms with Gasteiger partial charge in [-0.3, -0.25) is 9.59 Å². The maximum absolute atomic E-state index is 14.3. The predicted octanol–water partition coefficient (Wildman–Crippen LogP) is 5.05. The van der Waals surface area contributed by atoms with Crippen LogP contribution in [0.2, 0.25) is 5.02 Å². The third-order valence-corrected chi connectivity index (χ3v) is 4.45. The Hall–Kier alpha value is -3.19. The maximum Gasteiger partial charge on any atom is 0.256 e. The molecule has 29 heavy (non-hydrogen) atoms. The number of nitrogens with one attached hydrogen (secondary N) is 3. The molecule has 0 radical (unpaired) electrons. The maximum atomic E-state index is 14.3. The standard InChI is InChI=1S/C21H20ClFN4O2/c1-11(2)20-18(26-14-6-7-24-19(9-14)25-12(3)28)10-16(21(29)27-20)15-8-13(22)4-5-17(15)23/h4-11H,1-3H3,(H,27,29)(H2,24,25,26,28). The number of hydrogen-bond donors (Lipinski definition) is 3. The van der Waals surface area contributed by atoms with Gasteiger partial charge in [0.2, 0.25) is 5.91 Å². The summed E-state index contributed by atoms with van der Waals surface area (Å²) in [5.41, 5.74) is 1.79. The molecular weight excluding hydrogens is 395 g/mol. The molecule has 0 saturated heterocycles. The third kappa shape index (κ3) is 4.81. The van der Waals surface area contributed by atoms with Crippen molar-refractivity contribution in [3.8, 4) is 11.1 Å². The number of hydrogen-bond acceptors (Lipinski definition) is 4. The summed E-state index contributed by atoms with van der Waals surface area (Å²) in [5.74, 6) is -0.389. The van der Waals surface area contributed by atoms with Crippen LogP contribution in [0.25, 0.3) is 11.1 Å². The molecule has 1 aromatic carbocycles. The Bertz CT molecular complexity index is 1130. The van der Waals surface area contributed by atoms with Crippen LogP contribution in [0, 0.1) is 5.82 Å². The van der Waals surface area contributed by atoms with Crippen LogP contribution in [0.4, 0.5) is 21.6 Å². The van der Waals surface area contributed by atoms with Gasteiger partial charge in [0.15, 0.2) is 0 Å². The Balaban J connectivity index is 2.09. The van der Waals surface area contributed by atoms with Crippen molar-refractivity contribution in [1.29, 1.82) is 0 Å². The van der Waals surface area contributed by atoms with Crippen LogP contribution in [0.3, 0.4) is 0 Å². The molecule has 3 aromatic rings. The molecule has 1 amide bonds. The van der Waals surface area contributed by atoms with Gasteiger partial charge in [-0.05, 0) is 36.2 Å². The minimum Gasteiger partial charge on any atom is -0.354 e. The molecular formula is C21H20ClFN4O2. The number of carbonyl (C=O) groups is 1. The molecule has 0 fully saturated rings. The summed E-state index contributed by atoms with van der Waals surface area (Å²) in [6.45, 7) is 5.27. The van der Waals surface area contributed by atoms with Crippen LogP contribution >= 0.6 is 11.6 Å². The molecule has 6 nitrogen and oxygen atoms in total. The molecule has 0 aliphatic carbocycles. The summed E-state index contributed by atoms with van der Waals surface area (Å²) in [5, 5.41) is 6.17. The normalized spacial score (nSPS) is 10.8. The van der Waals surface area contributed by atoms with E-state index >= 15 is 0 Å². The van der Waals surface area contributed by atoms with E-state index in [2.05, 4.69) is 20.6 Å². The lowest BCUT2D eigenvalue weighted by molar-refractivity contribution is -0.114. The fourth-order valence-corrected chi connectivity index (χ4v) is 3.09. The summed E-state index contributed by atoms with van der Waals surface area (Å²) < 4.78 is 14.3. The van der Waals surface area contributed by atoms with Crippen LogP contribution in [0.15, 0.2) is 47.4 Å². The van der Waals surface area contributed by atoms with Crippen molar-refractivity contribution in [1.82, 2.24) is 9.97 Å². The van der Waals surface area contributed by atoms with E-state index in [9.17, 15) is 14.0 Å². The number of amides is 1. The smallest absolute Gasteiger partial charge is 0.256 e. The summed E-state index contributed by atoms with van der Waals surface area (Å²) in [7, 11) is 0. The van der Waals surface area contributed by atoms with E-state index in [0.717, 1.165) is 0 Å². The number of carbonyl (C=O) groups excluding carboxylic acids is 1. The lowest BCUT2D eigenvalue weighted by Crippen LogP contribution is -2.15. The molecule has 0 aliphatic rings. The highest BCUT2D eigenvalue weighted by molar-refractivity contribution is 6.30. The predicted molar refractivity (Wildman–Crippen MR) is 113 cm³/mol. The molecule has 0 atom stereocenters. The van der Waals surface area contributed by atoms with Crippen LogP contribution in [-0.2, 0) is 4.79 Å². The zero-order valence-corrected chi connectivity index (χ0v) is 16.9. The van der Waals surface area contributed by atoms with Crippen molar-refractivity contribution < 1.29 is 9.18 Å². The Morgan fingerprint density at radius 2 is 1.93 bits per heavy atom. The van der Waals surface area contributed by atoms with Crippen molar-refractivity contribution in [3.63, 3.8) is 0 Å². The van der Waals surface area contributed by atoms with Gasteiger partial charge in [0.05, 0.1) is 11.3 Å². The summed E-state index contributed by atoms with van der Waals surface area (Å²) >= 11 is 5.99. The second-order valence-electron chi connectivity index (χ2n) is 6.85. The van der Waals surface area contributed by atoms with E-state index in [1.165, 1.54) is 25.1 Å². The molecule has 2 heterocycles. The summed E-state index contributed by atoms with van der Waals surface area (Å²) in [6, 6.07) is 9.05. The zero-order valence-electron chi connectivity index (χ0n) is 16.1. The van der Waals surface area contributed by atoms with Gasteiger partial charge in [-0.2, -0.15) is 0 Å². The van der Waals surface area contributed by atoms with Crippen molar-refractivity contribution in [2.75, 3.05) is 10.6 Å². The van der Waals surface area contributed by atoms with Gasteiger partial charge in [0.25, 0.3) is 5.56 Å². The van der Waals surface area contributed by atoms with Gasteiger partial charge < -0.3 is 15.6 Å². The van der Waals surface area contributed by atoms with E-state index in [0.29, 0.717) is 27.9 Å². The Kier molecular flexibility index (Phi) is 5.98. The van der Waals surface area contributed by atoms with Crippen LogP contribution in [0.1, 0.15) is 32.4 Å².